The summed E-state index contributed by atoms with van der Waals surface area (Å²) in [6, 6.07) is 3.80. The van der Waals surface area contributed by atoms with Crippen LogP contribution in [0.1, 0.15) is 31.7 Å². The molecule has 10 heteroatoms. The first kappa shape index (κ1) is 21.6. The molecule has 0 radical (unpaired) electrons. The molecule has 0 amide bonds. The number of hydrogen-bond acceptors (Lipinski definition) is 7. The Bertz CT molecular complexity index is 1500. The smallest absolute Gasteiger partial charge is 0.161 e. The lowest BCUT2D eigenvalue weighted by Crippen LogP contribution is -2.30. The molecule has 1 saturated heterocycles. The molecule has 0 spiro atoms. The van der Waals surface area contributed by atoms with Crippen molar-refractivity contribution in [2.75, 3.05) is 24.5 Å². The number of hydrogen-bond donors (Lipinski definition) is 3. The van der Waals surface area contributed by atoms with Crippen molar-refractivity contribution in [1.29, 1.82) is 0 Å². The second kappa shape index (κ2) is 9.03. The Morgan fingerprint density at radius 2 is 1.94 bits per heavy atom. The van der Waals surface area contributed by atoms with E-state index in [1.807, 2.05) is 19.1 Å². The van der Waals surface area contributed by atoms with E-state index in [-0.39, 0.29) is 5.69 Å². The van der Waals surface area contributed by atoms with Gasteiger partial charge >= 0.3 is 0 Å². The summed E-state index contributed by atoms with van der Waals surface area (Å²) in [5.41, 5.74) is 4.36. The van der Waals surface area contributed by atoms with E-state index in [9.17, 15) is 0 Å². The minimum Gasteiger partial charge on any atom is -0.355 e. The van der Waals surface area contributed by atoms with Gasteiger partial charge in [0.05, 0.1) is 22.6 Å². The van der Waals surface area contributed by atoms with Crippen molar-refractivity contribution in [3.8, 4) is 22.8 Å². The zero-order chi connectivity index (χ0) is 23.8. The number of nitrogens with one attached hydrogen (secondary N) is 3. The lowest BCUT2D eigenvalue weighted by Gasteiger charge is -2.27. The Morgan fingerprint density at radius 3 is 2.80 bits per heavy atom. The summed E-state index contributed by atoms with van der Waals surface area (Å²) in [6.45, 7) is 5.46. The van der Waals surface area contributed by atoms with Gasteiger partial charge < -0.3 is 15.2 Å². The molecule has 5 aromatic rings. The fourth-order valence-corrected chi connectivity index (χ4v) is 4.70. The second-order valence-corrected chi connectivity index (χ2v) is 8.81. The van der Waals surface area contributed by atoms with Gasteiger partial charge in [-0.15, -0.1) is 0 Å². The number of anilines is 1. The van der Waals surface area contributed by atoms with Gasteiger partial charge in [-0.25, -0.2) is 14.4 Å². The van der Waals surface area contributed by atoms with Crippen LogP contribution < -0.4 is 10.2 Å². The maximum atomic E-state index is 15.9. The van der Waals surface area contributed by atoms with E-state index in [2.05, 4.69) is 40.3 Å². The molecule has 0 atom stereocenters. The molecule has 0 aliphatic carbocycles. The summed E-state index contributed by atoms with van der Waals surface area (Å²) in [5, 5.41) is 10.9. The first-order chi connectivity index (χ1) is 17.2. The van der Waals surface area contributed by atoms with Gasteiger partial charge in [0.1, 0.15) is 16.9 Å². The number of aromatic amines is 2. The van der Waals surface area contributed by atoms with E-state index in [0.29, 0.717) is 34.5 Å². The number of piperidine rings is 1. The minimum atomic E-state index is -0.455. The van der Waals surface area contributed by atoms with Gasteiger partial charge in [-0.1, -0.05) is 6.92 Å². The number of rotatable bonds is 6. The van der Waals surface area contributed by atoms with E-state index in [1.54, 1.807) is 24.8 Å². The Balaban J connectivity index is 1.44. The van der Waals surface area contributed by atoms with Crippen molar-refractivity contribution in [2.24, 2.45) is 0 Å². The van der Waals surface area contributed by atoms with Crippen LogP contribution in [0, 0.1) is 5.82 Å². The number of fused-ring (bicyclic) bond motifs is 2. The zero-order valence-corrected chi connectivity index (χ0v) is 19.5. The van der Waals surface area contributed by atoms with Gasteiger partial charge in [0.2, 0.25) is 0 Å². The molecule has 35 heavy (non-hydrogen) atoms. The molecule has 0 saturated carbocycles. The number of H-pyrrole nitrogens is 2. The molecule has 0 aromatic carbocycles. The molecule has 1 fully saturated rings. The summed E-state index contributed by atoms with van der Waals surface area (Å²) in [5.74, 6) is 0.895. The van der Waals surface area contributed by atoms with Gasteiger partial charge in [0, 0.05) is 43.8 Å². The van der Waals surface area contributed by atoms with Gasteiger partial charge in [0.25, 0.3) is 0 Å². The highest BCUT2D eigenvalue weighted by atomic mass is 19.1. The van der Waals surface area contributed by atoms with Crippen LogP contribution in [-0.2, 0) is 6.54 Å². The zero-order valence-electron chi connectivity index (χ0n) is 19.5. The molecule has 1 aliphatic rings. The average molecular weight is 472 g/mol. The highest BCUT2D eigenvalue weighted by molar-refractivity contribution is 5.96. The molecule has 178 valence electrons. The first-order valence-corrected chi connectivity index (χ1v) is 12.0. The van der Waals surface area contributed by atoms with Crippen molar-refractivity contribution >= 4 is 27.8 Å². The quantitative estimate of drug-likeness (QED) is 0.340. The normalized spacial score (nSPS) is 14.3. The predicted octanol–water partition coefficient (Wildman–Crippen LogP) is 4.20. The van der Waals surface area contributed by atoms with Crippen LogP contribution in [-0.4, -0.2) is 54.8 Å². The summed E-state index contributed by atoms with van der Waals surface area (Å²) in [7, 11) is 0. The maximum absolute atomic E-state index is 15.9. The van der Waals surface area contributed by atoms with Crippen LogP contribution in [0.4, 0.5) is 10.2 Å². The van der Waals surface area contributed by atoms with E-state index < -0.39 is 5.82 Å². The van der Waals surface area contributed by atoms with E-state index in [0.717, 1.165) is 54.9 Å². The monoisotopic (exact) mass is 471 g/mol. The number of aromatic nitrogens is 7. The summed E-state index contributed by atoms with van der Waals surface area (Å²) < 4.78 is 15.9. The predicted molar refractivity (Wildman–Crippen MR) is 133 cm³/mol. The Labute approximate surface area is 201 Å². The molecule has 0 unspecified atom stereocenters. The van der Waals surface area contributed by atoms with Gasteiger partial charge in [-0.3, -0.25) is 15.1 Å². The van der Waals surface area contributed by atoms with Crippen molar-refractivity contribution in [3.05, 3.63) is 48.3 Å². The summed E-state index contributed by atoms with van der Waals surface area (Å²) in [6.07, 6.45) is 10.3. The van der Waals surface area contributed by atoms with Crippen LogP contribution in [0.5, 0.6) is 0 Å². The third-order valence-electron chi connectivity index (χ3n) is 6.45. The molecule has 0 bridgehead atoms. The molecule has 6 heterocycles. The second-order valence-electron chi connectivity index (χ2n) is 8.81. The number of halogens is 1. The van der Waals surface area contributed by atoms with Gasteiger partial charge in [0.15, 0.2) is 17.5 Å². The highest BCUT2D eigenvalue weighted by Gasteiger charge is 2.22. The van der Waals surface area contributed by atoms with Crippen LogP contribution in [0.15, 0.2) is 36.9 Å². The van der Waals surface area contributed by atoms with E-state index in [1.165, 1.54) is 6.42 Å². The van der Waals surface area contributed by atoms with Gasteiger partial charge in [-0.05, 0) is 43.5 Å². The number of nitrogens with zero attached hydrogens (tertiary/aromatic N) is 6. The summed E-state index contributed by atoms with van der Waals surface area (Å²) in [4.78, 5) is 23.7. The molecule has 5 aromatic heterocycles. The lowest BCUT2D eigenvalue weighted by molar-refractivity contribution is 0.574. The summed E-state index contributed by atoms with van der Waals surface area (Å²) >= 11 is 0. The maximum Gasteiger partial charge on any atom is 0.161 e. The molecule has 1 aliphatic heterocycles. The van der Waals surface area contributed by atoms with E-state index in [4.69, 9.17) is 4.98 Å². The minimum absolute atomic E-state index is 0.234. The Hall–Kier alpha value is -3.92. The number of pyridine rings is 3. The third kappa shape index (κ3) is 3.89. The molecule has 6 rings (SSSR count). The van der Waals surface area contributed by atoms with Crippen molar-refractivity contribution in [2.45, 2.75) is 32.7 Å². The Morgan fingerprint density at radius 1 is 1.06 bits per heavy atom. The first-order valence-electron chi connectivity index (χ1n) is 12.0. The van der Waals surface area contributed by atoms with Gasteiger partial charge in [-0.2, -0.15) is 5.10 Å². The average Bonchev–Trinajstić information content (AvgIpc) is 3.53. The largest absolute Gasteiger partial charge is 0.355 e. The fraction of sp³-hybridized carbons (Fsp3) is 0.320. The van der Waals surface area contributed by atoms with Crippen LogP contribution in [0.2, 0.25) is 0 Å². The van der Waals surface area contributed by atoms with Crippen molar-refractivity contribution < 1.29 is 4.39 Å². The topological polar surface area (TPSA) is 111 Å². The lowest BCUT2D eigenvalue weighted by atomic mass is 10.1. The molecular formula is C25H26FN9. The van der Waals surface area contributed by atoms with Crippen LogP contribution in [0.25, 0.3) is 44.7 Å². The SMILES string of the molecule is CCNCc1cncc(-c2ncc3[nH]nc(-c4nc5c(N6CCCCC6)nccc5[nH]4)c3c2F)c1. The number of imidazole rings is 1. The van der Waals surface area contributed by atoms with Crippen molar-refractivity contribution in [3.63, 3.8) is 0 Å². The molecule has 3 N–H and O–H groups in total. The highest BCUT2D eigenvalue weighted by Crippen LogP contribution is 2.34. The third-order valence-corrected chi connectivity index (χ3v) is 6.45. The molecular weight excluding hydrogens is 445 g/mol. The molecule has 9 nitrogen and oxygen atoms in total. The van der Waals surface area contributed by atoms with Crippen LogP contribution >= 0.6 is 0 Å². The van der Waals surface area contributed by atoms with Crippen LogP contribution in [0.3, 0.4) is 0 Å². The van der Waals surface area contributed by atoms with Crippen molar-refractivity contribution in [1.82, 2.24) is 40.4 Å². The van der Waals surface area contributed by atoms with E-state index >= 15 is 4.39 Å². The standard InChI is InChI=1S/C25H26FN9/c1-2-27-11-15-10-16(13-28-12-15)21-20(26)19-18(14-30-21)33-34-23(19)24-31-17-6-7-29-25(22(17)32-24)35-8-4-3-5-9-35/h6-7,10,12-14,27H,2-5,8-9,11H2,1H3,(H,31,32)(H,33,34). The Kier molecular flexibility index (Phi) is 5.57. The fourth-order valence-electron chi connectivity index (χ4n) is 4.70.